The molecule has 0 radical (unpaired) electrons. The predicted octanol–water partition coefficient (Wildman–Crippen LogP) is 3.21. The fourth-order valence-corrected chi connectivity index (χ4v) is 1.88. The first kappa shape index (κ1) is 13.1. The van der Waals surface area contributed by atoms with Crippen LogP contribution in [0.4, 0.5) is 0 Å². The minimum Gasteiger partial charge on any atom is -0.420 e. The highest BCUT2D eigenvalue weighted by Gasteiger charge is 2.36. The second kappa shape index (κ2) is 4.39. The van der Waals surface area contributed by atoms with Gasteiger partial charge in [-0.1, -0.05) is 15.9 Å². The van der Waals surface area contributed by atoms with Gasteiger partial charge in [-0.05, 0) is 39.0 Å². The lowest BCUT2D eigenvalue weighted by Crippen LogP contribution is -2.25. The van der Waals surface area contributed by atoms with Crippen LogP contribution >= 0.6 is 15.9 Å². The van der Waals surface area contributed by atoms with E-state index in [4.69, 9.17) is 9.47 Å². The van der Waals surface area contributed by atoms with Crippen molar-refractivity contribution < 1.29 is 19.1 Å². The molecule has 2 rings (SSSR count). The molecule has 96 valence electrons. The van der Waals surface area contributed by atoms with Gasteiger partial charge in [-0.25, -0.2) is 4.79 Å². The Labute approximate surface area is 113 Å². The van der Waals surface area contributed by atoms with Gasteiger partial charge >= 0.3 is 11.9 Å². The van der Waals surface area contributed by atoms with E-state index in [9.17, 15) is 9.59 Å². The summed E-state index contributed by atoms with van der Waals surface area (Å²) in [7, 11) is 0. The third-order valence-corrected chi connectivity index (χ3v) is 3.02. The van der Waals surface area contributed by atoms with Crippen molar-refractivity contribution in [2.24, 2.45) is 5.41 Å². The van der Waals surface area contributed by atoms with E-state index in [0.717, 1.165) is 4.47 Å². The van der Waals surface area contributed by atoms with Gasteiger partial charge in [0.15, 0.2) is 0 Å². The summed E-state index contributed by atoms with van der Waals surface area (Å²) in [5.41, 5.74) is 0.373. The summed E-state index contributed by atoms with van der Waals surface area (Å²) in [5.74, 6) is -0.877. The van der Waals surface area contributed by atoms with Crippen LogP contribution < -0.4 is 0 Å². The van der Waals surface area contributed by atoms with E-state index in [-0.39, 0.29) is 0 Å². The van der Waals surface area contributed by atoms with Gasteiger partial charge in [0, 0.05) is 10.0 Å². The van der Waals surface area contributed by atoms with E-state index in [1.807, 2.05) is 0 Å². The van der Waals surface area contributed by atoms with Gasteiger partial charge in [0.2, 0.25) is 0 Å². The van der Waals surface area contributed by atoms with Gasteiger partial charge in [-0.2, -0.15) is 0 Å². The van der Waals surface area contributed by atoms with Crippen LogP contribution in [0.2, 0.25) is 0 Å². The lowest BCUT2D eigenvalue weighted by atomic mass is 9.97. The standard InChI is InChI=1S/C13H13BrO4/c1-13(2,3)12(16)18-11-9-6-7(14)4-5-8(9)10(15)17-11/h4-6,11H,1-3H3. The summed E-state index contributed by atoms with van der Waals surface area (Å²) in [4.78, 5) is 23.4. The highest BCUT2D eigenvalue weighted by atomic mass is 79.9. The van der Waals surface area contributed by atoms with Crippen molar-refractivity contribution in [1.82, 2.24) is 0 Å². The average Bonchev–Trinajstić information content (AvgIpc) is 2.54. The maximum atomic E-state index is 11.8. The van der Waals surface area contributed by atoms with Crippen LogP contribution in [-0.4, -0.2) is 11.9 Å². The van der Waals surface area contributed by atoms with E-state index in [1.165, 1.54) is 0 Å². The molecular weight excluding hydrogens is 300 g/mol. The number of esters is 2. The van der Waals surface area contributed by atoms with E-state index >= 15 is 0 Å². The van der Waals surface area contributed by atoms with Crippen molar-refractivity contribution in [1.29, 1.82) is 0 Å². The van der Waals surface area contributed by atoms with Gasteiger partial charge in [0.05, 0.1) is 11.0 Å². The highest BCUT2D eigenvalue weighted by Crippen LogP contribution is 2.35. The number of rotatable bonds is 1. The molecule has 0 saturated carbocycles. The fourth-order valence-electron chi connectivity index (χ4n) is 1.50. The topological polar surface area (TPSA) is 52.6 Å². The van der Waals surface area contributed by atoms with Crippen molar-refractivity contribution in [2.75, 3.05) is 0 Å². The summed E-state index contributed by atoms with van der Waals surface area (Å²) in [6.07, 6.45) is -0.947. The number of benzene rings is 1. The first-order valence-corrected chi connectivity index (χ1v) is 6.30. The Bertz CT molecular complexity index is 516. The molecule has 1 aromatic carbocycles. The third kappa shape index (κ3) is 2.41. The minimum atomic E-state index is -0.947. The van der Waals surface area contributed by atoms with Crippen LogP contribution in [0.3, 0.4) is 0 Å². The van der Waals surface area contributed by atoms with E-state index in [0.29, 0.717) is 11.1 Å². The second-order valence-electron chi connectivity index (χ2n) is 5.12. The van der Waals surface area contributed by atoms with E-state index < -0.39 is 23.6 Å². The zero-order chi connectivity index (χ0) is 13.5. The largest absolute Gasteiger partial charge is 0.420 e. The molecule has 1 atom stereocenters. The Morgan fingerprint density at radius 3 is 2.67 bits per heavy atom. The first-order valence-electron chi connectivity index (χ1n) is 5.50. The maximum Gasteiger partial charge on any atom is 0.342 e. The number of hydrogen-bond donors (Lipinski definition) is 0. The lowest BCUT2D eigenvalue weighted by molar-refractivity contribution is -0.177. The molecule has 0 saturated heterocycles. The summed E-state index contributed by atoms with van der Waals surface area (Å²) in [5, 5.41) is 0. The fraction of sp³-hybridized carbons (Fsp3) is 0.385. The van der Waals surface area contributed by atoms with Crippen LogP contribution in [0.1, 0.15) is 43.0 Å². The van der Waals surface area contributed by atoms with Gasteiger partial charge in [0.25, 0.3) is 6.29 Å². The predicted molar refractivity (Wildman–Crippen MR) is 67.8 cm³/mol. The number of halogens is 1. The molecule has 18 heavy (non-hydrogen) atoms. The minimum absolute atomic E-state index is 0.409. The molecule has 1 aliphatic heterocycles. The van der Waals surface area contributed by atoms with Crippen molar-refractivity contribution in [3.8, 4) is 0 Å². The normalized spacial score (nSPS) is 18.2. The summed E-state index contributed by atoms with van der Waals surface area (Å²) in [6.45, 7) is 5.23. The molecule has 0 aromatic heterocycles. The van der Waals surface area contributed by atoms with Crippen LogP contribution in [0.5, 0.6) is 0 Å². The van der Waals surface area contributed by atoms with Gasteiger partial charge in [-0.3, -0.25) is 4.79 Å². The SMILES string of the molecule is CC(C)(C)C(=O)OC1OC(=O)c2ccc(Br)cc21. The van der Waals surface area contributed by atoms with Crippen molar-refractivity contribution in [3.63, 3.8) is 0 Å². The molecule has 1 unspecified atom stereocenters. The molecule has 0 amide bonds. The molecule has 5 heteroatoms. The highest BCUT2D eigenvalue weighted by molar-refractivity contribution is 9.10. The number of ether oxygens (including phenoxy) is 2. The maximum absolute atomic E-state index is 11.8. The molecule has 1 heterocycles. The smallest absolute Gasteiger partial charge is 0.342 e. The van der Waals surface area contributed by atoms with Crippen molar-refractivity contribution in [2.45, 2.75) is 27.1 Å². The molecule has 1 aromatic rings. The van der Waals surface area contributed by atoms with E-state index in [1.54, 1.807) is 39.0 Å². The first-order chi connectivity index (χ1) is 8.29. The van der Waals surface area contributed by atoms with Crippen LogP contribution in [0.15, 0.2) is 22.7 Å². The van der Waals surface area contributed by atoms with Crippen LogP contribution in [-0.2, 0) is 14.3 Å². The van der Waals surface area contributed by atoms with Gasteiger partial charge < -0.3 is 9.47 Å². The lowest BCUT2D eigenvalue weighted by Gasteiger charge is -2.20. The monoisotopic (exact) mass is 312 g/mol. The average molecular weight is 313 g/mol. The number of hydrogen-bond acceptors (Lipinski definition) is 4. The zero-order valence-electron chi connectivity index (χ0n) is 10.3. The second-order valence-corrected chi connectivity index (χ2v) is 6.04. The number of carbonyl (C=O) groups excluding carboxylic acids is 2. The molecule has 0 fully saturated rings. The van der Waals surface area contributed by atoms with Gasteiger partial charge in [0.1, 0.15) is 0 Å². The van der Waals surface area contributed by atoms with Gasteiger partial charge in [-0.15, -0.1) is 0 Å². The molecule has 0 aliphatic carbocycles. The number of fused-ring (bicyclic) bond motifs is 1. The van der Waals surface area contributed by atoms with Crippen LogP contribution in [0, 0.1) is 5.41 Å². The molecule has 0 bridgehead atoms. The Morgan fingerprint density at radius 1 is 1.39 bits per heavy atom. The molecule has 4 nitrogen and oxygen atoms in total. The van der Waals surface area contributed by atoms with Crippen molar-refractivity contribution >= 4 is 27.9 Å². The molecule has 0 N–H and O–H groups in total. The molecule has 1 aliphatic rings. The summed E-state index contributed by atoms with van der Waals surface area (Å²) in [6, 6.07) is 5.11. The Morgan fingerprint density at radius 2 is 2.06 bits per heavy atom. The van der Waals surface area contributed by atoms with Crippen molar-refractivity contribution in [3.05, 3.63) is 33.8 Å². The third-order valence-electron chi connectivity index (χ3n) is 2.53. The molecular formula is C13H13BrO4. The molecule has 0 spiro atoms. The summed E-state index contributed by atoms with van der Waals surface area (Å²) >= 11 is 3.31. The number of cyclic esters (lactones) is 1. The Balaban J connectivity index is 2.27. The Kier molecular flexibility index (Phi) is 3.19. The quantitative estimate of drug-likeness (QED) is 0.747. The Hall–Kier alpha value is -1.36. The van der Waals surface area contributed by atoms with E-state index in [2.05, 4.69) is 15.9 Å². The summed E-state index contributed by atoms with van der Waals surface area (Å²) < 4.78 is 11.1. The zero-order valence-corrected chi connectivity index (χ0v) is 11.9. The van der Waals surface area contributed by atoms with Crippen LogP contribution in [0.25, 0.3) is 0 Å². The number of carbonyl (C=O) groups is 2.